The highest BCUT2D eigenvalue weighted by atomic mass is 16.6. The van der Waals surface area contributed by atoms with Gasteiger partial charge in [-0.15, -0.1) is 10.2 Å². The van der Waals surface area contributed by atoms with Crippen molar-refractivity contribution in [1.82, 2.24) is 15.1 Å². The minimum Gasteiger partial charge on any atom is -0.507 e. The summed E-state index contributed by atoms with van der Waals surface area (Å²) in [6.45, 7) is 7.83. The number of nitrogen functional groups attached to an aromatic ring is 1. The predicted octanol–water partition coefficient (Wildman–Crippen LogP) is 2.49. The summed E-state index contributed by atoms with van der Waals surface area (Å²) in [4.78, 5) is 16.0. The number of nitrogens with zero attached hydrogens (tertiary/aromatic N) is 4. The zero-order chi connectivity index (χ0) is 19.6. The van der Waals surface area contributed by atoms with E-state index in [1.165, 1.54) is 0 Å². The van der Waals surface area contributed by atoms with Gasteiger partial charge >= 0.3 is 6.09 Å². The molecule has 2 aromatic rings. The van der Waals surface area contributed by atoms with Gasteiger partial charge in [-0.25, -0.2) is 4.79 Å². The molecule has 0 bridgehead atoms. The van der Waals surface area contributed by atoms with Crippen molar-refractivity contribution in [3.8, 4) is 17.0 Å². The minimum atomic E-state index is -0.514. The molecule has 144 valence electrons. The van der Waals surface area contributed by atoms with Crippen molar-refractivity contribution in [2.45, 2.75) is 26.4 Å². The Kier molecular flexibility index (Phi) is 5.07. The van der Waals surface area contributed by atoms with Crippen LogP contribution in [0.3, 0.4) is 0 Å². The molecule has 1 fully saturated rings. The summed E-state index contributed by atoms with van der Waals surface area (Å²) in [5, 5.41) is 18.2. The highest BCUT2D eigenvalue weighted by Crippen LogP contribution is 2.31. The number of hydrogen-bond donors (Lipinski definition) is 2. The number of anilines is 2. The number of benzene rings is 1. The van der Waals surface area contributed by atoms with E-state index in [2.05, 4.69) is 15.1 Å². The zero-order valence-corrected chi connectivity index (χ0v) is 15.8. The number of carbonyl (C=O) groups excluding carboxylic acids is 1. The molecule has 0 atom stereocenters. The number of rotatable bonds is 2. The third-order valence-electron chi connectivity index (χ3n) is 4.25. The Balaban J connectivity index is 1.74. The number of hydrogen-bond acceptors (Lipinski definition) is 7. The number of nitrogens with two attached hydrogens (primary N) is 1. The second kappa shape index (κ2) is 7.30. The van der Waals surface area contributed by atoms with Gasteiger partial charge in [0.25, 0.3) is 0 Å². The van der Waals surface area contributed by atoms with E-state index in [1.54, 1.807) is 23.1 Å². The molecular formula is C19H25N5O3. The number of para-hydroxylation sites is 1. The molecule has 0 unspecified atom stereocenters. The smallest absolute Gasteiger partial charge is 0.410 e. The standard InChI is InChI=1S/C19H25N5O3/c1-19(2,3)27-18(26)24-10-8-23(9-11-24)15-12-14(21-22-17(15)20)13-6-4-5-7-16(13)25/h4-7,12,25H,8-11H2,1-3H3,(H2,20,22). The van der Waals surface area contributed by atoms with Gasteiger partial charge < -0.3 is 25.4 Å². The van der Waals surface area contributed by atoms with Crippen LogP contribution in [0.15, 0.2) is 30.3 Å². The van der Waals surface area contributed by atoms with Crippen LogP contribution in [0.2, 0.25) is 0 Å². The summed E-state index contributed by atoms with van der Waals surface area (Å²) < 4.78 is 5.43. The maximum atomic E-state index is 12.2. The molecule has 0 aliphatic carbocycles. The highest BCUT2D eigenvalue weighted by Gasteiger charge is 2.27. The minimum absolute atomic E-state index is 0.136. The first kappa shape index (κ1) is 18.8. The van der Waals surface area contributed by atoms with Gasteiger partial charge in [0.05, 0.1) is 11.4 Å². The Morgan fingerprint density at radius 1 is 1.15 bits per heavy atom. The Hall–Kier alpha value is -3.03. The molecule has 3 N–H and O–H groups in total. The third-order valence-corrected chi connectivity index (χ3v) is 4.25. The fourth-order valence-electron chi connectivity index (χ4n) is 2.92. The molecule has 1 aliphatic heterocycles. The van der Waals surface area contributed by atoms with Gasteiger partial charge in [-0.2, -0.15) is 0 Å². The number of aromatic hydroxyl groups is 1. The summed E-state index contributed by atoms with van der Waals surface area (Å²) in [6.07, 6.45) is -0.308. The van der Waals surface area contributed by atoms with Gasteiger partial charge in [-0.3, -0.25) is 0 Å². The molecule has 0 radical (unpaired) electrons. The number of aromatic nitrogens is 2. The van der Waals surface area contributed by atoms with E-state index in [-0.39, 0.29) is 11.8 Å². The summed E-state index contributed by atoms with van der Waals surface area (Å²) in [5.74, 6) is 0.456. The normalized spacial score (nSPS) is 14.9. The molecule has 1 saturated heterocycles. The Labute approximate surface area is 158 Å². The average molecular weight is 371 g/mol. The molecule has 1 aromatic heterocycles. The molecule has 8 heteroatoms. The monoisotopic (exact) mass is 371 g/mol. The van der Waals surface area contributed by atoms with Crippen molar-refractivity contribution in [3.63, 3.8) is 0 Å². The first-order valence-corrected chi connectivity index (χ1v) is 8.89. The molecule has 1 aliphatic rings. The lowest BCUT2D eigenvalue weighted by Crippen LogP contribution is -2.50. The van der Waals surface area contributed by atoms with E-state index in [1.807, 2.05) is 32.9 Å². The molecule has 8 nitrogen and oxygen atoms in total. The first-order valence-electron chi connectivity index (χ1n) is 8.89. The Bertz CT molecular complexity index is 826. The molecule has 27 heavy (non-hydrogen) atoms. The Morgan fingerprint density at radius 2 is 1.81 bits per heavy atom. The van der Waals surface area contributed by atoms with E-state index in [4.69, 9.17) is 10.5 Å². The molecule has 1 amide bonds. The van der Waals surface area contributed by atoms with Gasteiger partial charge in [0.1, 0.15) is 11.4 Å². The summed E-state index contributed by atoms with van der Waals surface area (Å²) in [7, 11) is 0. The van der Waals surface area contributed by atoms with Gasteiger partial charge in [-0.05, 0) is 39.0 Å². The topological polar surface area (TPSA) is 105 Å². The van der Waals surface area contributed by atoms with Crippen LogP contribution in [0, 0.1) is 0 Å². The van der Waals surface area contributed by atoms with E-state index in [0.717, 1.165) is 5.69 Å². The molecule has 1 aromatic carbocycles. The lowest BCUT2D eigenvalue weighted by Gasteiger charge is -2.36. The van der Waals surface area contributed by atoms with Crippen molar-refractivity contribution in [2.24, 2.45) is 0 Å². The SMILES string of the molecule is CC(C)(C)OC(=O)N1CCN(c2cc(-c3ccccc3O)nnc2N)CC1. The fourth-order valence-corrected chi connectivity index (χ4v) is 2.92. The fraction of sp³-hybridized carbons (Fsp3) is 0.421. The van der Waals surface area contributed by atoms with Crippen LogP contribution < -0.4 is 10.6 Å². The molecule has 0 spiro atoms. The van der Waals surface area contributed by atoms with Gasteiger partial charge in [0.2, 0.25) is 0 Å². The van der Waals surface area contributed by atoms with Crippen LogP contribution in [0.25, 0.3) is 11.3 Å². The van der Waals surface area contributed by atoms with Crippen molar-refractivity contribution < 1.29 is 14.6 Å². The third kappa shape index (κ3) is 4.39. The second-order valence-electron chi connectivity index (χ2n) is 7.47. The van der Waals surface area contributed by atoms with Crippen molar-refractivity contribution in [2.75, 3.05) is 36.8 Å². The lowest BCUT2D eigenvalue weighted by molar-refractivity contribution is 0.0240. The molecular weight excluding hydrogens is 346 g/mol. The number of carbonyl (C=O) groups is 1. The molecule has 3 rings (SSSR count). The molecule has 2 heterocycles. The zero-order valence-electron chi connectivity index (χ0n) is 15.8. The predicted molar refractivity (Wildman–Crippen MR) is 104 cm³/mol. The van der Waals surface area contributed by atoms with Crippen molar-refractivity contribution >= 4 is 17.6 Å². The number of ether oxygens (including phenoxy) is 1. The van der Waals surface area contributed by atoms with Crippen molar-refractivity contribution in [1.29, 1.82) is 0 Å². The van der Waals surface area contributed by atoms with Gasteiger partial charge in [0, 0.05) is 31.7 Å². The maximum absolute atomic E-state index is 12.2. The number of phenolic OH excluding ortho intramolecular Hbond substituents is 1. The quantitative estimate of drug-likeness (QED) is 0.835. The van der Waals surface area contributed by atoms with Gasteiger partial charge in [-0.1, -0.05) is 12.1 Å². The van der Waals surface area contributed by atoms with Crippen LogP contribution in [0.5, 0.6) is 5.75 Å². The number of piperazine rings is 1. The summed E-state index contributed by atoms with van der Waals surface area (Å²) in [6, 6.07) is 8.78. The molecule has 0 saturated carbocycles. The lowest BCUT2D eigenvalue weighted by atomic mass is 10.1. The second-order valence-corrected chi connectivity index (χ2v) is 7.47. The van der Waals surface area contributed by atoms with E-state index in [9.17, 15) is 9.90 Å². The number of amides is 1. The number of phenols is 1. The average Bonchev–Trinajstić information content (AvgIpc) is 2.61. The van der Waals surface area contributed by atoms with Crippen LogP contribution in [-0.4, -0.2) is 58.1 Å². The van der Waals surface area contributed by atoms with E-state index < -0.39 is 5.60 Å². The van der Waals surface area contributed by atoms with E-state index in [0.29, 0.717) is 43.3 Å². The van der Waals surface area contributed by atoms with Crippen LogP contribution in [0.4, 0.5) is 16.3 Å². The van der Waals surface area contributed by atoms with Gasteiger partial charge in [0.15, 0.2) is 5.82 Å². The summed E-state index contributed by atoms with van der Waals surface area (Å²) >= 11 is 0. The first-order chi connectivity index (χ1) is 12.7. The van der Waals surface area contributed by atoms with Crippen LogP contribution >= 0.6 is 0 Å². The Morgan fingerprint density at radius 3 is 2.44 bits per heavy atom. The van der Waals surface area contributed by atoms with Crippen molar-refractivity contribution in [3.05, 3.63) is 30.3 Å². The maximum Gasteiger partial charge on any atom is 0.410 e. The van der Waals surface area contributed by atoms with E-state index >= 15 is 0 Å². The largest absolute Gasteiger partial charge is 0.507 e. The van der Waals surface area contributed by atoms with Crippen LogP contribution in [-0.2, 0) is 4.74 Å². The highest BCUT2D eigenvalue weighted by molar-refractivity contribution is 5.74. The van der Waals surface area contributed by atoms with Crippen LogP contribution in [0.1, 0.15) is 20.8 Å². The summed E-state index contributed by atoms with van der Waals surface area (Å²) in [5.41, 5.74) is 7.40.